The van der Waals surface area contributed by atoms with E-state index in [1.54, 1.807) is 11.1 Å². The molecule has 3 aliphatic heterocycles. The maximum atomic E-state index is 13.4. The molecule has 11 heteroatoms. The third-order valence-electron chi connectivity index (χ3n) is 9.73. The van der Waals surface area contributed by atoms with Gasteiger partial charge in [-0.1, -0.05) is 19.4 Å². The highest BCUT2D eigenvalue weighted by Crippen LogP contribution is 2.42. The first kappa shape index (κ1) is 35.9. The van der Waals surface area contributed by atoms with Crippen LogP contribution >= 0.6 is 11.3 Å². The standard InChI is InChI=1S/C24H24N4O3S.C16H22N2O/c1-25-17-6-4-15(5-7-17)24(30)28-11-8-16-13-20(23(29)27-18-9-12-31-14-18)32-22(16)21-19(28)3-2-10-26-21;1-4-6-16(7-5-2)11-18(12-16)15-14(10-19)8-13(3)9-17-15/h2-7,10,13,18,25H,8-9,11-12,14H2,1H3,(H,27,29);4,8-10H,1,5-7,11-12H2,2-3H3. The van der Waals surface area contributed by atoms with Crippen molar-refractivity contribution in [3.63, 3.8) is 0 Å². The summed E-state index contributed by atoms with van der Waals surface area (Å²) in [5.41, 5.74) is 6.20. The van der Waals surface area contributed by atoms with Crippen molar-refractivity contribution in [2.24, 2.45) is 5.41 Å². The number of anilines is 3. The molecule has 4 aromatic rings. The maximum Gasteiger partial charge on any atom is 0.261 e. The molecule has 0 radical (unpaired) electrons. The lowest BCUT2D eigenvalue weighted by Gasteiger charge is -2.51. The van der Waals surface area contributed by atoms with E-state index in [1.807, 2.05) is 74.8 Å². The van der Waals surface area contributed by atoms with Crippen molar-refractivity contribution in [2.45, 2.75) is 52.0 Å². The lowest BCUT2D eigenvalue weighted by molar-refractivity contribution is 0.0932. The monoisotopic (exact) mass is 706 g/mol. The van der Waals surface area contributed by atoms with Crippen LogP contribution in [-0.2, 0) is 11.2 Å². The van der Waals surface area contributed by atoms with Gasteiger partial charge < -0.3 is 25.2 Å². The Morgan fingerprint density at radius 2 is 1.96 bits per heavy atom. The van der Waals surface area contributed by atoms with E-state index in [0.29, 0.717) is 47.6 Å². The number of ether oxygens (including phenoxy) is 1. The Balaban J connectivity index is 0.000000202. The van der Waals surface area contributed by atoms with Crippen molar-refractivity contribution in [2.75, 3.05) is 55.0 Å². The van der Waals surface area contributed by atoms with Gasteiger partial charge in [-0.15, -0.1) is 17.9 Å². The van der Waals surface area contributed by atoms with Crippen molar-refractivity contribution in [1.82, 2.24) is 15.3 Å². The summed E-state index contributed by atoms with van der Waals surface area (Å²) in [7, 11) is 1.85. The molecule has 266 valence electrons. The number of aromatic nitrogens is 2. The predicted octanol–water partition coefficient (Wildman–Crippen LogP) is 6.96. The number of pyridine rings is 2. The van der Waals surface area contributed by atoms with Crippen LogP contribution in [0.4, 0.5) is 17.2 Å². The first-order valence-electron chi connectivity index (χ1n) is 17.6. The molecule has 1 unspecified atom stereocenters. The van der Waals surface area contributed by atoms with E-state index < -0.39 is 0 Å². The van der Waals surface area contributed by atoms with E-state index in [-0.39, 0.29) is 17.9 Å². The highest BCUT2D eigenvalue weighted by Gasteiger charge is 2.42. The first-order valence-corrected chi connectivity index (χ1v) is 18.4. The topological polar surface area (TPSA) is 117 Å². The number of rotatable bonds is 10. The molecule has 0 spiro atoms. The summed E-state index contributed by atoms with van der Waals surface area (Å²) in [5.74, 6) is 0.696. The van der Waals surface area contributed by atoms with Gasteiger partial charge in [0.15, 0.2) is 6.29 Å². The number of carbonyl (C=O) groups is 3. The Morgan fingerprint density at radius 1 is 1.16 bits per heavy atom. The molecule has 3 aromatic heterocycles. The number of aryl methyl sites for hydroxylation is 1. The third kappa shape index (κ3) is 7.89. The summed E-state index contributed by atoms with van der Waals surface area (Å²) in [6.07, 6.45) is 11.4. The number of aldehydes is 1. The van der Waals surface area contributed by atoms with Gasteiger partial charge in [-0.25, -0.2) is 4.98 Å². The number of nitrogens with zero attached hydrogens (tertiary/aromatic N) is 4. The molecule has 0 aliphatic carbocycles. The van der Waals surface area contributed by atoms with Crippen LogP contribution < -0.4 is 20.4 Å². The number of carbonyl (C=O) groups excluding carboxylic acids is 3. The second-order valence-electron chi connectivity index (χ2n) is 13.5. The quantitative estimate of drug-likeness (QED) is 0.134. The van der Waals surface area contributed by atoms with Crippen LogP contribution in [-0.4, -0.2) is 74.0 Å². The van der Waals surface area contributed by atoms with Crippen molar-refractivity contribution >= 4 is 46.6 Å². The van der Waals surface area contributed by atoms with Crippen LogP contribution in [0.3, 0.4) is 0 Å². The highest BCUT2D eigenvalue weighted by atomic mass is 32.1. The molecule has 2 amide bonds. The average molecular weight is 707 g/mol. The van der Waals surface area contributed by atoms with Gasteiger partial charge in [0.1, 0.15) is 11.5 Å². The summed E-state index contributed by atoms with van der Waals surface area (Å²) in [4.78, 5) is 51.9. The van der Waals surface area contributed by atoms with Gasteiger partial charge in [0.2, 0.25) is 0 Å². The molecule has 7 rings (SSSR count). The number of nitrogens with one attached hydrogen (secondary N) is 2. The minimum absolute atomic E-state index is 0.0590. The van der Waals surface area contributed by atoms with Gasteiger partial charge in [-0.2, -0.15) is 0 Å². The zero-order valence-electron chi connectivity index (χ0n) is 29.6. The van der Waals surface area contributed by atoms with Crippen LogP contribution in [0.2, 0.25) is 0 Å². The molecule has 2 saturated heterocycles. The van der Waals surface area contributed by atoms with Gasteiger partial charge in [0.05, 0.1) is 33.7 Å². The molecule has 1 aromatic carbocycles. The summed E-state index contributed by atoms with van der Waals surface area (Å²) in [5, 5.41) is 6.13. The number of allylic oxidation sites excluding steroid dienone is 1. The molecule has 0 saturated carbocycles. The average Bonchev–Trinajstić information content (AvgIpc) is 3.78. The van der Waals surface area contributed by atoms with Crippen molar-refractivity contribution < 1.29 is 19.1 Å². The van der Waals surface area contributed by atoms with E-state index in [2.05, 4.69) is 39.0 Å². The Labute approximate surface area is 303 Å². The number of amides is 2. The van der Waals surface area contributed by atoms with E-state index in [0.717, 1.165) is 71.1 Å². The molecular weight excluding hydrogens is 661 g/mol. The Hall–Kier alpha value is -4.87. The van der Waals surface area contributed by atoms with Crippen LogP contribution in [0.25, 0.3) is 10.6 Å². The lowest BCUT2D eigenvalue weighted by Crippen LogP contribution is -2.56. The summed E-state index contributed by atoms with van der Waals surface area (Å²) < 4.78 is 5.36. The molecule has 6 heterocycles. The second-order valence-corrected chi connectivity index (χ2v) is 14.6. The minimum Gasteiger partial charge on any atom is -0.388 e. The van der Waals surface area contributed by atoms with E-state index in [4.69, 9.17) is 4.74 Å². The lowest BCUT2D eigenvalue weighted by atomic mass is 9.73. The third-order valence-corrected chi connectivity index (χ3v) is 10.9. The molecule has 1 atom stereocenters. The molecule has 3 aliphatic rings. The summed E-state index contributed by atoms with van der Waals surface area (Å²) in [6.45, 7) is 11.8. The second kappa shape index (κ2) is 16.0. The smallest absolute Gasteiger partial charge is 0.261 e. The molecular formula is C40H46N6O4S. The van der Waals surface area contributed by atoms with Crippen molar-refractivity contribution in [3.05, 3.63) is 101 Å². The Morgan fingerprint density at radius 3 is 2.65 bits per heavy atom. The van der Waals surface area contributed by atoms with Crippen molar-refractivity contribution in [1.29, 1.82) is 0 Å². The first-order chi connectivity index (χ1) is 24.8. The number of benzene rings is 1. The highest BCUT2D eigenvalue weighted by molar-refractivity contribution is 7.17. The van der Waals surface area contributed by atoms with Gasteiger partial charge in [-0.3, -0.25) is 19.4 Å². The molecule has 2 N–H and O–H groups in total. The number of thiophene rings is 1. The largest absolute Gasteiger partial charge is 0.388 e. The van der Waals surface area contributed by atoms with Gasteiger partial charge in [0, 0.05) is 62.3 Å². The molecule has 10 nitrogen and oxygen atoms in total. The predicted molar refractivity (Wildman–Crippen MR) is 204 cm³/mol. The zero-order valence-corrected chi connectivity index (χ0v) is 30.4. The van der Waals surface area contributed by atoms with Crippen molar-refractivity contribution in [3.8, 4) is 10.6 Å². The molecule has 0 bridgehead atoms. The van der Waals surface area contributed by atoms with Gasteiger partial charge in [0.25, 0.3) is 11.8 Å². The SMILES string of the molecule is C=CCC1(CCC)CN(c2ncc(C)cc2C=O)C1.CNc1ccc(C(=O)N2CCc3cc(C(=O)NC4CCOC4)sc3-c3ncccc32)cc1. The van der Waals surface area contributed by atoms with Crippen LogP contribution in [0, 0.1) is 12.3 Å². The fraction of sp³-hybridized carbons (Fsp3) is 0.375. The van der Waals surface area contributed by atoms with Gasteiger partial charge in [-0.05, 0) is 92.3 Å². The summed E-state index contributed by atoms with van der Waals surface area (Å²) in [6, 6.07) is 15.1. The number of hydrogen-bond donors (Lipinski definition) is 2. The van der Waals surface area contributed by atoms with Gasteiger partial charge >= 0.3 is 0 Å². The Kier molecular flexibility index (Phi) is 11.3. The van der Waals surface area contributed by atoms with Crippen LogP contribution in [0.15, 0.2) is 73.6 Å². The fourth-order valence-electron chi connectivity index (χ4n) is 7.19. The maximum absolute atomic E-state index is 13.4. The number of hydrogen-bond acceptors (Lipinski definition) is 9. The molecule has 2 fully saturated rings. The minimum atomic E-state index is -0.0754. The van der Waals surface area contributed by atoms with E-state index >= 15 is 0 Å². The summed E-state index contributed by atoms with van der Waals surface area (Å²) >= 11 is 1.44. The number of fused-ring (bicyclic) bond motifs is 3. The van der Waals surface area contributed by atoms with Crippen LogP contribution in [0.5, 0.6) is 0 Å². The molecule has 51 heavy (non-hydrogen) atoms. The van der Waals surface area contributed by atoms with Crippen LogP contribution in [0.1, 0.15) is 74.1 Å². The van der Waals surface area contributed by atoms with E-state index in [9.17, 15) is 14.4 Å². The zero-order chi connectivity index (χ0) is 36.0. The van der Waals surface area contributed by atoms with E-state index in [1.165, 1.54) is 24.2 Å². The normalized spacial score (nSPS) is 17.1. The Bertz CT molecular complexity index is 1880. The fourth-order valence-corrected chi connectivity index (χ4v) is 8.31.